The number of pyridine rings is 1. The monoisotopic (exact) mass is 383 g/mol. The van der Waals surface area contributed by atoms with Crippen molar-refractivity contribution in [3.63, 3.8) is 0 Å². The molecule has 0 aliphatic carbocycles. The second-order valence-corrected chi connectivity index (χ2v) is 6.52. The van der Waals surface area contributed by atoms with E-state index in [9.17, 15) is 9.59 Å². The van der Waals surface area contributed by atoms with Crippen LogP contribution >= 0.6 is 11.6 Å². The van der Waals surface area contributed by atoms with Crippen LogP contribution in [-0.2, 0) is 6.54 Å². The molecule has 0 unspecified atom stereocenters. The second kappa shape index (κ2) is 8.05. The number of halogens is 1. The predicted molar refractivity (Wildman–Crippen MR) is 103 cm³/mol. The Morgan fingerprint density at radius 2 is 1.85 bits per heavy atom. The molecule has 0 fully saturated rings. The first kappa shape index (κ1) is 18.7. The average molecular weight is 384 g/mol. The molecule has 3 aromatic rings. The van der Waals surface area contributed by atoms with Crippen molar-refractivity contribution in [3.05, 3.63) is 82.0 Å². The normalized spacial score (nSPS) is 10.5. The van der Waals surface area contributed by atoms with Crippen molar-refractivity contribution in [2.24, 2.45) is 0 Å². The fourth-order valence-corrected chi connectivity index (χ4v) is 3.00. The molecule has 0 spiro atoms. The van der Waals surface area contributed by atoms with Gasteiger partial charge in [0.05, 0.1) is 34.6 Å². The summed E-state index contributed by atoms with van der Waals surface area (Å²) < 4.78 is 5.17. The minimum atomic E-state index is -0.392. The molecule has 0 saturated carbocycles. The van der Waals surface area contributed by atoms with E-state index in [4.69, 9.17) is 16.0 Å². The number of nitrogens with one attached hydrogen (secondary N) is 2. The Morgan fingerprint density at radius 1 is 1.11 bits per heavy atom. The highest BCUT2D eigenvalue weighted by Gasteiger charge is 2.14. The van der Waals surface area contributed by atoms with Crippen LogP contribution in [0.2, 0.25) is 5.02 Å². The zero-order chi connectivity index (χ0) is 19.4. The smallest absolute Gasteiger partial charge is 0.257 e. The number of nitrogens with zero attached hydrogens (tertiary/aromatic N) is 1. The number of hydrogen-bond acceptors (Lipinski definition) is 4. The molecule has 0 atom stereocenters. The van der Waals surface area contributed by atoms with Crippen molar-refractivity contribution in [3.8, 4) is 0 Å². The lowest BCUT2D eigenvalue weighted by Gasteiger charge is -2.12. The molecule has 138 valence electrons. The van der Waals surface area contributed by atoms with Crippen LogP contribution in [-0.4, -0.2) is 16.8 Å². The van der Waals surface area contributed by atoms with Gasteiger partial charge in [0, 0.05) is 12.4 Å². The van der Waals surface area contributed by atoms with Gasteiger partial charge in [-0.3, -0.25) is 14.6 Å². The third-order valence-electron chi connectivity index (χ3n) is 3.94. The van der Waals surface area contributed by atoms with Gasteiger partial charge in [0.25, 0.3) is 11.8 Å². The molecule has 0 radical (unpaired) electrons. The summed E-state index contributed by atoms with van der Waals surface area (Å²) in [6, 6.07) is 8.69. The summed E-state index contributed by atoms with van der Waals surface area (Å²) in [6.07, 6.45) is 4.33. The summed E-state index contributed by atoms with van der Waals surface area (Å²) in [5, 5.41) is 5.96. The third-order valence-corrected chi connectivity index (χ3v) is 4.23. The van der Waals surface area contributed by atoms with Gasteiger partial charge in [-0.25, -0.2) is 0 Å². The summed E-state index contributed by atoms with van der Waals surface area (Å²) in [7, 11) is 0. The summed E-state index contributed by atoms with van der Waals surface area (Å²) >= 11 is 6.23. The Labute approximate surface area is 161 Å². The number of carbonyl (C=O) groups excluding carboxylic acids is 2. The molecule has 0 saturated heterocycles. The Bertz CT molecular complexity index is 961. The molecule has 0 aliphatic heterocycles. The van der Waals surface area contributed by atoms with E-state index < -0.39 is 5.91 Å². The van der Waals surface area contributed by atoms with Gasteiger partial charge in [0.15, 0.2) is 0 Å². The fraction of sp³-hybridized carbons (Fsp3) is 0.150. The van der Waals surface area contributed by atoms with E-state index in [-0.39, 0.29) is 23.6 Å². The number of rotatable bonds is 5. The van der Waals surface area contributed by atoms with Crippen molar-refractivity contribution >= 4 is 29.1 Å². The van der Waals surface area contributed by atoms with Crippen LogP contribution in [0.5, 0.6) is 0 Å². The van der Waals surface area contributed by atoms with Gasteiger partial charge in [-0.05, 0) is 49.2 Å². The number of aromatic nitrogens is 1. The lowest BCUT2D eigenvalue weighted by molar-refractivity contribution is 0.0947. The summed E-state index contributed by atoms with van der Waals surface area (Å²) in [4.78, 5) is 28.8. The lowest BCUT2D eigenvalue weighted by atomic mass is 10.1. The number of carbonyl (C=O) groups is 2. The highest BCUT2D eigenvalue weighted by molar-refractivity contribution is 6.34. The van der Waals surface area contributed by atoms with Crippen molar-refractivity contribution in [1.29, 1.82) is 0 Å². The third kappa shape index (κ3) is 4.54. The maximum Gasteiger partial charge on any atom is 0.257 e. The average Bonchev–Trinajstić information content (AvgIpc) is 3.16. The van der Waals surface area contributed by atoms with E-state index in [1.54, 1.807) is 18.2 Å². The molecule has 7 heteroatoms. The molecule has 6 nitrogen and oxygen atoms in total. The molecular weight excluding hydrogens is 366 g/mol. The first-order valence-electron chi connectivity index (χ1n) is 8.28. The largest absolute Gasteiger partial charge is 0.467 e. The number of benzene rings is 1. The number of amides is 2. The molecule has 2 heterocycles. The summed E-state index contributed by atoms with van der Waals surface area (Å²) in [6.45, 7) is 4.05. The maximum atomic E-state index is 12.6. The van der Waals surface area contributed by atoms with Crippen LogP contribution in [0.15, 0.2) is 53.4 Å². The van der Waals surface area contributed by atoms with E-state index in [0.29, 0.717) is 16.5 Å². The van der Waals surface area contributed by atoms with Gasteiger partial charge in [0.2, 0.25) is 0 Å². The van der Waals surface area contributed by atoms with Crippen molar-refractivity contribution in [1.82, 2.24) is 10.3 Å². The van der Waals surface area contributed by atoms with Crippen LogP contribution in [0, 0.1) is 13.8 Å². The van der Waals surface area contributed by atoms with Gasteiger partial charge in [-0.15, -0.1) is 0 Å². The zero-order valence-electron chi connectivity index (χ0n) is 14.9. The van der Waals surface area contributed by atoms with E-state index >= 15 is 0 Å². The summed E-state index contributed by atoms with van der Waals surface area (Å²) in [5.74, 6) is -0.107. The number of aryl methyl sites for hydroxylation is 2. The molecular formula is C20H18ClN3O3. The Hall–Kier alpha value is -3.12. The molecule has 2 aromatic heterocycles. The highest BCUT2D eigenvalue weighted by atomic mass is 35.5. The number of hydrogen-bond donors (Lipinski definition) is 2. The molecule has 0 bridgehead atoms. The molecule has 3 rings (SSSR count). The maximum absolute atomic E-state index is 12.6. The van der Waals surface area contributed by atoms with Crippen LogP contribution in [0.3, 0.4) is 0 Å². The highest BCUT2D eigenvalue weighted by Crippen LogP contribution is 2.27. The first-order valence-corrected chi connectivity index (χ1v) is 8.65. The van der Waals surface area contributed by atoms with Crippen LogP contribution in [0.4, 0.5) is 5.69 Å². The lowest BCUT2D eigenvalue weighted by Crippen LogP contribution is -2.23. The Balaban J connectivity index is 1.73. The predicted octanol–water partition coefficient (Wildman–Crippen LogP) is 4.13. The number of anilines is 1. The van der Waals surface area contributed by atoms with Crippen LogP contribution < -0.4 is 10.6 Å². The molecule has 2 amide bonds. The molecule has 1 aromatic carbocycles. The van der Waals surface area contributed by atoms with Gasteiger partial charge < -0.3 is 15.1 Å². The Kier molecular flexibility index (Phi) is 5.57. The van der Waals surface area contributed by atoms with Crippen molar-refractivity contribution in [2.45, 2.75) is 20.4 Å². The standard InChI is InChI=1S/C20H18ClN3O3/c1-12-6-13(2)18(17(21)7-12)24-20(26)15-8-14(9-22-10-15)19(25)23-11-16-4-3-5-27-16/h3-10H,11H2,1-2H3,(H,23,25)(H,24,26). The molecule has 2 N–H and O–H groups in total. The molecule has 27 heavy (non-hydrogen) atoms. The quantitative estimate of drug-likeness (QED) is 0.693. The zero-order valence-corrected chi connectivity index (χ0v) is 15.6. The second-order valence-electron chi connectivity index (χ2n) is 6.12. The van der Waals surface area contributed by atoms with Crippen molar-refractivity contribution < 1.29 is 14.0 Å². The van der Waals surface area contributed by atoms with Crippen molar-refractivity contribution in [2.75, 3.05) is 5.32 Å². The number of furan rings is 1. The first-order chi connectivity index (χ1) is 12.9. The SMILES string of the molecule is Cc1cc(C)c(NC(=O)c2cncc(C(=O)NCc3ccco3)c2)c(Cl)c1. The van der Waals surface area contributed by atoms with E-state index in [1.807, 2.05) is 19.9 Å². The van der Waals surface area contributed by atoms with Gasteiger partial charge in [0.1, 0.15) is 5.76 Å². The van der Waals surface area contributed by atoms with Gasteiger partial charge in [-0.1, -0.05) is 17.7 Å². The minimum absolute atomic E-state index is 0.250. The van der Waals surface area contributed by atoms with E-state index in [0.717, 1.165) is 11.1 Å². The Morgan fingerprint density at radius 3 is 2.52 bits per heavy atom. The van der Waals surface area contributed by atoms with Crippen LogP contribution in [0.25, 0.3) is 0 Å². The summed E-state index contributed by atoms with van der Waals surface area (Å²) in [5.41, 5.74) is 2.94. The van der Waals surface area contributed by atoms with Gasteiger partial charge in [-0.2, -0.15) is 0 Å². The van der Waals surface area contributed by atoms with E-state index in [1.165, 1.54) is 24.7 Å². The topological polar surface area (TPSA) is 84.2 Å². The molecule has 0 aliphatic rings. The minimum Gasteiger partial charge on any atom is -0.467 e. The van der Waals surface area contributed by atoms with E-state index in [2.05, 4.69) is 15.6 Å². The van der Waals surface area contributed by atoms with Gasteiger partial charge >= 0.3 is 0 Å². The fourth-order valence-electron chi connectivity index (χ4n) is 2.63. The van der Waals surface area contributed by atoms with Crippen LogP contribution in [0.1, 0.15) is 37.6 Å².